The maximum Gasteiger partial charge on any atom is 0.330 e. The van der Waals surface area contributed by atoms with Gasteiger partial charge in [0.2, 0.25) is 0 Å². The van der Waals surface area contributed by atoms with E-state index in [1.165, 1.54) is 12.2 Å². The lowest BCUT2D eigenvalue weighted by molar-refractivity contribution is -0.390. The van der Waals surface area contributed by atoms with E-state index < -0.39 is 197 Å². The van der Waals surface area contributed by atoms with Gasteiger partial charge in [0.25, 0.3) is 0 Å². The SMILES string of the molecule is O=C(C=CC1CCC(O)C(O)C1)OC[C@H]1O[C@@H](O[C@H]2[C@H](OC3CC4C(O[C@@H]5O[C@H](CO)[C@@H](O)[C@H](O)[C@H]5O)CC(O)CC4[OH+]C3C3CCC(O)C(O)C3)O[C@H](COC(=O)C=CC3CCC(O)CC3)[C@@H](O)[C@@H]2O)[C@H](O)[C@@H](O)[C@@H]1O. The minimum absolute atomic E-state index is 0.00922. The van der Waals surface area contributed by atoms with Crippen molar-refractivity contribution in [2.45, 2.75) is 237 Å². The number of rotatable bonds is 16. The summed E-state index contributed by atoms with van der Waals surface area (Å²) in [4.78, 5) is 25.9. The fraction of sp³-hybridized carbons (Fsp3) is 0.882. The number of aliphatic hydroxyl groups excluding tert-OH is 15. The van der Waals surface area contributed by atoms with Gasteiger partial charge < -0.3 is 119 Å². The molecule has 4 saturated heterocycles. The van der Waals surface area contributed by atoms with Crippen molar-refractivity contribution in [2.24, 2.45) is 23.7 Å². The highest BCUT2D eigenvalue weighted by Gasteiger charge is 2.58. The summed E-state index contributed by atoms with van der Waals surface area (Å²) in [5, 5.41) is 161. The summed E-state index contributed by atoms with van der Waals surface area (Å²) in [7, 11) is 0. The first kappa shape index (κ1) is 60.6. The molecule has 4 aliphatic heterocycles. The standard InChI is InChI=1S/C51H80O26/c52-18-34-39(61)42(64)45(67)49(74-34)72-32-16-25(54)15-31-26(32)17-33(47(71-31)23-6-10-28(56)30(58)14-23)73-51-48(44(66)41(63)36(76-51)20-70-37(59)11-4-21-1-7-24(53)8-2-21)77-50-46(68)43(65)40(62)35(75-50)19-69-38(60)12-5-22-3-9-27(55)29(57)13-22/h4-5,11-12,21-36,39-58,61-68H,1-3,6-10,13-20H2/p+1/t21?,22?,23?,24?,25?,26?,27?,28?,29?,30?,31?,32?,33?,34-,35-,36-,39-,40-,41-,42+,43+,44+,45-,46-,47?,48-,49-,50+,51-/m1/s1. The number of hydrogen-bond acceptors (Lipinski definition) is 25. The summed E-state index contributed by atoms with van der Waals surface area (Å²) in [5.74, 6) is -3.06. The van der Waals surface area contributed by atoms with Crippen LogP contribution in [0.5, 0.6) is 0 Å². The normalized spacial score (nSPS) is 49.1. The summed E-state index contributed by atoms with van der Waals surface area (Å²) in [5.41, 5.74) is 0. The van der Waals surface area contributed by atoms with Crippen molar-refractivity contribution in [1.82, 2.24) is 0 Å². The molecule has 0 radical (unpaired) electrons. The maximum absolute atomic E-state index is 13.0. The molecule has 0 aromatic carbocycles. The first-order valence-corrected chi connectivity index (χ1v) is 27.2. The minimum atomic E-state index is -2.05. The third kappa shape index (κ3) is 14.8. The third-order valence-corrected chi connectivity index (χ3v) is 17.0. The average Bonchev–Trinajstić information content (AvgIpc) is 3.40. The van der Waals surface area contributed by atoms with Crippen LogP contribution in [-0.4, -0.2) is 266 Å². The molecule has 8 aliphatic rings. The molecule has 4 aliphatic carbocycles. The van der Waals surface area contributed by atoms with Crippen molar-refractivity contribution < 1.29 is 129 Å². The predicted octanol–water partition coefficient (Wildman–Crippen LogP) is -5.57. The van der Waals surface area contributed by atoms with E-state index in [0.717, 1.165) is 6.08 Å². The van der Waals surface area contributed by atoms with Crippen molar-refractivity contribution in [2.75, 3.05) is 19.8 Å². The molecule has 4 saturated carbocycles. The van der Waals surface area contributed by atoms with Gasteiger partial charge in [0.1, 0.15) is 92.6 Å². The van der Waals surface area contributed by atoms with Crippen LogP contribution in [0.25, 0.3) is 0 Å². The van der Waals surface area contributed by atoms with Crippen LogP contribution in [0.1, 0.15) is 83.5 Å². The summed E-state index contributed by atoms with van der Waals surface area (Å²) in [6, 6.07) is 0. The lowest BCUT2D eigenvalue weighted by Crippen LogP contribution is -2.66. The predicted molar refractivity (Wildman–Crippen MR) is 256 cm³/mol. The lowest BCUT2D eigenvalue weighted by Gasteiger charge is -2.50. The van der Waals surface area contributed by atoms with E-state index in [4.69, 9.17) is 42.6 Å². The number of fused-ring (bicyclic) bond motifs is 1. The van der Waals surface area contributed by atoms with E-state index >= 15 is 0 Å². The molecule has 26 heteroatoms. The van der Waals surface area contributed by atoms with Crippen LogP contribution >= 0.6 is 0 Å². The van der Waals surface area contributed by atoms with Gasteiger partial charge in [0, 0.05) is 30.9 Å². The van der Waals surface area contributed by atoms with Crippen LogP contribution < -0.4 is 0 Å². The molecule has 0 bridgehead atoms. The highest BCUT2D eigenvalue weighted by Crippen LogP contribution is 2.44. The van der Waals surface area contributed by atoms with Gasteiger partial charge in [0.05, 0.1) is 55.3 Å². The number of allylic oxidation sites excluding steroid dienone is 2. The Bertz CT molecular complexity index is 1940. The highest BCUT2D eigenvalue weighted by molar-refractivity contribution is 5.82. The quantitative estimate of drug-likeness (QED) is 0.0389. The molecule has 0 amide bonds. The van der Waals surface area contributed by atoms with Crippen LogP contribution in [0.4, 0.5) is 0 Å². The summed E-state index contributed by atoms with van der Waals surface area (Å²) < 4.78 is 53.1. The topological polar surface area (TPSA) is 424 Å². The van der Waals surface area contributed by atoms with Gasteiger partial charge in [-0.1, -0.05) is 12.2 Å². The molecule has 77 heavy (non-hydrogen) atoms. The number of esters is 2. The molecule has 8 fully saturated rings. The maximum atomic E-state index is 13.0. The number of ether oxygens (including phenoxy) is 9. The Kier molecular flexibility index (Phi) is 21.3. The Morgan fingerprint density at radius 1 is 0.468 bits per heavy atom. The van der Waals surface area contributed by atoms with E-state index in [1.54, 1.807) is 6.08 Å². The molecule has 0 aromatic heterocycles. The van der Waals surface area contributed by atoms with E-state index in [1.807, 2.05) is 0 Å². The van der Waals surface area contributed by atoms with Gasteiger partial charge in [-0.2, -0.15) is 0 Å². The Balaban J connectivity index is 1.04. The van der Waals surface area contributed by atoms with E-state index in [0.29, 0.717) is 44.9 Å². The Morgan fingerprint density at radius 2 is 0.987 bits per heavy atom. The summed E-state index contributed by atoms with van der Waals surface area (Å²) in [6.45, 7) is -2.06. The Labute approximate surface area is 444 Å². The van der Waals surface area contributed by atoms with E-state index in [2.05, 4.69) is 0 Å². The second-order valence-corrected chi connectivity index (χ2v) is 22.4. The van der Waals surface area contributed by atoms with Gasteiger partial charge >= 0.3 is 11.9 Å². The number of carbonyl (C=O) groups excluding carboxylic acids is 2. The molecule has 8 rings (SSSR count). The average molecular weight is 1110 g/mol. The smallest absolute Gasteiger partial charge is 0.330 e. The van der Waals surface area contributed by atoms with E-state index in [9.17, 15) is 86.2 Å². The lowest BCUT2D eigenvalue weighted by atomic mass is 9.72. The largest absolute Gasteiger partial charge is 0.460 e. The minimum Gasteiger partial charge on any atom is -0.460 e. The van der Waals surface area contributed by atoms with Gasteiger partial charge in [-0.05, 0) is 82.5 Å². The van der Waals surface area contributed by atoms with Crippen molar-refractivity contribution in [1.29, 1.82) is 0 Å². The highest BCUT2D eigenvalue weighted by atomic mass is 16.8. The van der Waals surface area contributed by atoms with Gasteiger partial charge in [-0.25, -0.2) is 9.59 Å². The van der Waals surface area contributed by atoms with Crippen LogP contribution in [0.2, 0.25) is 0 Å². The summed E-state index contributed by atoms with van der Waals surface area (Å²) >= 11 is 0. The fourth-order valence-corrected chi connectivity index (χ4v) is 12.3. The zero-order chi connectivity index (χ0) is 55.4. The first-order chi connectivity index (χ1) is 36.7. The Morgan fingerprint density at radius 3 is 1.60 bits per heavy atom. The molecule has 4 heterocycles. The van der Waals surface area contributed by atoms with Crippen LogP contribution in [-0.2, 0) is 47.5 Å². The zero-order valence-corrected chi connectivity index (χ0v) is 42.6. The molecule has 12 unspecified atom stereocenters. The van der Waals surface area contributed by atoms with Gasteiger partial charge in [-0.3, -0.25) is 0 Å². The number of hydrogen-bond donors (Lipinski definition) is 15. The van der Waals surface area contributed by atoms with Crippen molar-refractivity contribution >= 4 is 11.9 Å². The first-order valence-electron chi connectivity index (χ1n) is 27.2. The monoisotopic (exact) mass is 1110 g/mol. The molecular formula is C51H81O26+. The zero-order valence-electron chi connectivity index (χ0n) is 42.6. The van der Waals surface area contributed by atoms with Crippen LogP contribution in [0, 0.1) is 23.7 Å². The van der Waals surface area contributed by atoms with Crippen molar-refractivity contribution in [3.8, 4) is 0 Å². The molecule has 440 valence electrons. The summed E-state index contributed by atoms with van der Waals surface area (Å²) in [6.07, 6.45) is -26.0. The van der Waals surface area contributed by atoms with E-state index in [-0.39, 0.29) is 50.4 Å². The third-order valence-electron chi connectivity index (χ3n) is 17.0. The van der Waals surface area contributed by atoms with Gasteiger partial charge in [0.15, 0.2) is 31.1 Å². The molecule has 0 spiro atoms. The molecule has 0 aromatic rings. The Hall–Kier alpha value is -2.46. The second-order valence-electron chi connectivity index (χ2n) is 22.4. The molecule has 26 nitrogen and oxygen atoms in total. The molecule has 16 N–H and O–H groups in total. The van der Waals surface area contributed by atoms with Crippen LogP contribution in [0.15, 0.2) is 24.3 Å². The van der Waals surface area contributed by atoms with Gasteiger partial charge in [-0.15, -0.1) is 0 Å². The van der Waals surface area contributed by atoms with Crippen molar-refractivity contribution in [3.05, 3.63) is 24.3 Å². The van der Waals surface area contributed by atoms with Crippen LogP contribution in [0.3, 0.4) is 0 Å². The number of carbonyl (C=O) groups is 2. The number of aliphatic hydroxyl groups is 17. The van der Waals surface area contributed by atoms with Crippen molar-refractivity contribution in [3.63, 3.8) is 0 Å². The molecular weight excluding hydrogens is 1030 g/mol. The molecule has 27 atom stereocenters. The second kappa shape index (κ2) is 27.1. The fourth-order valence-electron chi connectivity index (χ4n) is 12.3.